The van der Waals surface area contributed by atoms with E-state index < -0.39 is 17.6 Å². The van der Waals surface area contributed by atoms with Gasteiger partial charge in [-0.2, -0.15) is 5.10 Å². The number of methoxy groups -OCH3 is 2. The molecule has 1 unspecified atom stereocenters. The van der Waals surface area contributed by atoms with Gasteiger partial charge in [0.1, 0.15) is 11.5 Å². The third kappa shape index (κ3) is 4.84. The molecule has 5 rings (SSSR count). The van der Waals surface area contributed by atoms with Gasteiger partial charge in [0.05, 0.1) is 19.9 Å². The molecule has 0 fully saturated rings. The van der Waals surface area contributed by atoms with Gasteiger partial charge in [0.25, 0.3) is 5.56 Å². The number of hydrogen-bond acceptors (Lipinski definition) is 7. The van der Waals surface area contributed by atoms with Crippen LogP contribution in [-0.4, -0.2) is 41.9 Å². The number of nitrogens with zero attached hydrogens (tertiary/aromatic N) is 2. The van der Waals surface area contributed by atoms with Crippen molar-refractivity contribution < 1.29 is 28.8 Å². The van der Waals surface area contributed by atoms with Crippen LogP contribution in [0.5, 0.6) is 23.0 Å². The summed E-state index contributed by atoms with van der Waals surface area (Å²) in [5.74, 6) is 1.07. The van der Waals surface area contributed by atoms with Gasteiger partial charge >= 0.3 is 5.97 Å². The third-order valence-electron chi connectivity index (χ3n) is 6.14. The van der Waals surface area contributed by atoms with Crippen LogP contribution >= 0.6 is 0 Å². The van der Waals surface area contributed by atoms with Crippen molar-refractivity contribution in [2.45, 2.75) is 12.5 Å². The van der Waals surface area contributed by atoms with Crippen molar-refractivity contribution in [2.75, 3.05) is 21.0 Å². The van der Waals surface area contributed by atoms with Crippen molar-refractivity contribution in [2.24, 2.45) is 0 Å². The lowest BCUT2D eigenvalue weighted by atomic mass is 10.0. The fraction of sp³-hybridized carbons (Fsp3) is 0.179. The summed E-state index contributed by atoms with van der Waals surface area (Å²) in [5, 5.41) is 14.7. The second-order valence-electron chi connectivity index (χ2n) is 8.41. The maximum absolute atomic E-state index is 13.7. The number of carboxylic acids is 1. The molecular formula is C28H24N2O7. The van der Waals surface area contributed by atoms with Crippen LogP contribution in [0.1, 0.15) is 22.7 Å². The smallest absolute Gasteiger partial charge is 0.333 e. The lowest BCUT2D eigenvalue weighted by Crippen LogP contribution is -2.35. The van der Waals surface area contributed by atoms with E-state index in [0.717, 1.165) is 10.2 Å². The zero-order chi connectivity index (χ0) is 25.9. The van der Waals surface area contributed by atoms with Gasteiger partial charge in [0, 0.05) is 17.5 Å². The average Bonchev–Trinajstić information content (AvgIpc) is 3.39. The van der Waals surface area contributed by atoms with Crippen LogP contribution in [0.2, 0.25) is 0 Å². The van der Waals surface area contributed by atoms with Crippen LogP contribution in [0, 0.1) is 0 Å². The molecule has 1 N–H and O–H groups in total. The highest BCUT2D eigenvalue weighted by Gasteiger charge is 2.28. The molecule has 2 heterocycles. The van der Waals surface area contributed by atoms with E-state index in [-0.39, 0.29) is 13.2 Å². The van der Waals surface area contributed by atoms with Gasteiger partial charge in [-0.3, -0.25) is 4.79 Å². The highest BCUT2D eigenvalue weighted by atomic mass is 16.7. The molecule has 9 nitrogen and oxygen atoms in total. The normalized spacial score (nSPS) is 12.7. The number of carboxylic acid groups (broad SMARTS) is 1. The van der Waals surface area contributed by atoms with E-state index in [0.29, 0.717) is 45.4 Å². The molecule has 1 aromatic heterocycles. The van der Waals surface area contributed by atoms with E-state index >= 15 is 0 Å². The van der Waals surface area contributed by atoms with Gasteiger partial charge < -0.3 is 24.1 Å². The zero-order valence-electron chi connectivity index (χ0n) is 20.2. The molecule has 188 valence electrons. The van der Waals surface area contributed by atoms with Gasteiger partial charge in [-0.15, -0.1) is 0 Å². The second kappa shape index (κ2) is 10.1. The Morgan fingerprint density at radius 1 is 0.946 bits per heavy atom. The predicted octanol–water partition coefficient (Wildman–Crippen LogP) is 3.92. The molecular weight excluding hydrogens is 476 g/mol. The Hall–Kier alpha value is -4.79. The summed E-state index contributed by atoms with van der Waals surface area (Å²) >= 11 is 0. The van der Waals surface area contributed by atoms with E-state index in [4.69, 9.17) is 18.9 Å². The second-order valence-corrected chi connectivity index (χ2v) is 8.41. The molecule has 1 aliphatic heterocycles. The number of ether oxygens (including phenoxy) is 4. The van der Waals surface area contributed by atoms with Crippen LogP contribution in [0.4, 0.5) is 0 Å². The van der Waals surface area contributed by atoms with E-state index in [1.165, 1.54) is 0 Å². The topological polar surface area (TPSA) is 109 Å². The SMILES string of the molecule is COc1ccc(Cc2cc(-c3ccc(OC)cc3)nn(C(C(=O)O)c3ccc4c(c3)OCO4)c2=O)cc1. The van der Waals surface area contributed by atoms with Gasteiger partial charge in [0.15, 0.2) is 17.5 Å². The minimum absolute atomic E-state index is 0.0493. The number of carbonyl (C=O) groups is 1. The minimum atomic E-state index is -1.38. The van der Waals surface area contributed by atoms with Crippen molar-refractivity contribution in [1.82, 2.24) is 9.78 Å². The van der Waals surface area contributed by atoms with Crippen molar-refractivity contribution in [3.63, 3.8) is 0 Å². The number of benzene rings is 3. The Bertz CT molecular complexity index is 1490. The Morgan fingerprint density at radius 2 is 1.59 bits per heavy atom. The van der Waals surface area contributed by atoms with Gasteiger partial charge in [-0.1, -0.05) is 18.2 Å². The maximum Gasteiger partial charge on any atom is 0.333 e. The van der Waals surface area contributed by atoms with Crippen molar-refractivity contribution in [3.8, 4) is 34.3 Å². The monoisotopic (exact) mass is 500 g/mol. The van der Waals surface area contributed by atoms with E-state index in [1.807, 2.05) is 36.4 Å². The lowest BCUT2D eigenvalue weighted by Gasteiger charge is -2.18. The Labute approximate surface area is 212 Å². The number of aromatic nitrogens is 2. The summed E-state index contributed by atoms with van der Waals surface area (Å²) in [4.78, 5) is 26.2. The van der Waals surface area contributed by atoms with Crippen molar-refractivity contribution in [1.29, 1.82) is 0 Å². The van der Waals surface area contributed by atoms with Gasteiger partial charge in [0.2, 0.25) is 6.79 Å². The molecule has 1 aliphatic rings. The standard InChI is InChI=1S/C28H24N2O7/c1-34-21-8-3-17(4-9-21)13-20-14-23(18-5-10-22(35-2)11-6-18)29-30(27(20)31)26(28(32)33)19-7-12-24-25(15-19)37-16-36-24/h3-12,14-15,26H,13,16H2,1-2H3,(H,32,33). The molecule has 0 aliphatic carbocycles. The molecule has 0 radical (unpaired) electrons. The molecule has 3 aromatic carbocycles. The Morgan fingerprint density at radius 3 is 2.24 bits per heavy atom. The molecule has 0 spiro atoms. The third-order valence-corrected chi connectivity index (χ3v) is 6.14. The summed E-state index contributed by atoms with van der Waals surface area (Å²) in [5.41, 5.74) is 2.27. The predicted molar refractivity (Wildman–Crippen MR) is 135 cm³/mol. The van der Waals surface area contributed by atoms with Gasteiger partial charge in [-0.25, -0.2) is 9.48 Å². The molecule has 0 amide bonds. The van der Waals surface area contributed by atoms with Crippen LogP contribution in [-0.2, 0) is 11.2 Å². The summed E-state index contributed by atoms with van der Waals surface area (Å²) in [7, 11) is 3.16. The molecule has 0 saturated carbocycles. The first-order valence-corrected chi connectivity index (χ1v) is 11.5. The van der Waals surface area contributed by atoms with Crippen molar-refractivity contribution in [3.05, 3.63) is 99.8 Å². The molecule has 0 bridgehead atoms. The quantitative estimate of drug-likeness (QED) is 0.388. The first-order chi connectivity index (χ1) is 18.0. The van der Waals surface area contributed by atoms with Crippen LogP contribution < -0.4 is 24.5 Å². The summed E-state index contributed by atoms with van der Waals surface area (Å²) < 4.78 is 22.3. The number of hydrogen-bond donors (Lipinski definition) is 1. The first kappa shape index (κ1) is 23.9. The highest BCUT2D eigenvalue weighted by molar-refractivity contribution is 5.76. The molecule has 1 atom stereocenters. The van der Waals surface area contributed by atoms with E-state index in [2.05, 4.69) is 5.10 Å². The number of rotatable bonds is 8. The molecule has 9 heteroatoms. The molecule has 0 saturated heterocycles. The molecule has 4 aromatic rings. The summed E-state index contributed by atoms with van der Waals surface area (Å²) in [6, 6.07) is 19.6. The highest BCUT2D eigenvalue weighted by Crippen LogP contribution is 2.35. The average molecular weight is 501 g/mol. The van der Waals surface area contributed by atoms with E-state index in [9.17, 15) is 14.7 Å². The van der Waals surface area contributed by atoms with Crippen LogP contribution in [0.3, 0.4) is 0 Å². The minimum Gasteiger partial charge on any atom is -0.497 e. The summed E-state index contributed by atoms with van der Waals surface area (Å²) in [6.07, 6.45) is 0.280. The fourth-order valence-corrected chi connectivity index (χ4v) is 4.20. The van der Waals surface area contributed by atoms with Crippen LogP contribution in [0.25, 0.3) is 11.3 Å². The molecule has 37 heavy (non-hydrogen) atoms. The maximum atomic E-state index is 13.7. The first-order valence-electron chi connectivity index (χ1n) is 11.5. The lowest BCUT2D eigenvalue weighted by molar-refractivity contribution is -0.139. The van der Waals surface area contributed by atoms with Crippen LogP contribution in [0.15, 0.2) is 77.6 Å². The summed E-state index contributed by atoms with van der Waals surface area (Å²) in [6.45, 7) is 0.0493. The largest absolute Gasteiger partial charge is 0.497 e. The Balaban J connectivity index is 1.65. The Kier molecular flexibility index (Phi) is 6.51. The van der Waals surface area contributed by atoms with E-state index in [1.54, 1.807) is 50.6 Å². The number of aliphatic carboxylic acids is 1. The zero-order valence-corrected chi connectivity index (χ0v) is 20.2. The fourth-order valence-electron chi connectivity index (χ4n) is 4.20. The van der Waals surface area contributed by atoms with Crippen molar-refractivity contribution >= 4 is 5.97 Å². The van der Waals surface area contributed by atoms with Gasteiger partial charge in [-0.05, 0) is 65.7 Å². The number of fused-ring (bicyclic) bond motifs is 1.